The molecule has 2 heteroatoms. The van der Waals surface area contributed by atoms with Crippen molar-refractivity contribution in [2.75, 3.05) is 13.2 Å². The van der Waals surface area contributed by atoms with Crippen molar-refractivity contribution in [1.29, 1.82) is 0 Å². The lowest BCUT2D eigenvalue weighted by Gasteiger charge is -2.02. The molecular formula is C11H17NO. The van der Waals surface area contributed by atoms with Crippen molar-refractivity contribution in [1.82, 2.24) is 4.98 Å². The minimum Gasteiger partial charge on any atom is -0.381 e. The van der Waals surface area contributed by atoms with Crippen LogP contribution in [-0.2, 0) is 11.2 Å². The SMILES string of the molecule is CCCCOCCc1ccccn1. The van der Waals surface area contributed by atoms with Gasteiger partial charge in [0.2, 0.25) is 0 Å². The third-order valence-corrected chi connectivity index (χ3v) is 1.87. The molecule has 0 fully saturated rings. The summed E-state index contributed by atoms with van der Waals surface area (Å²) in [5.41, 5.74) is 1.11. The third kappa shape index (κ3) is 4.63. The summed E-state index contributed by atoms with van der Waals surface area (Å²) in [6, 6.07) is 5.97. The molecule has 0 spiro atoms. The van der Waals surface area contributed by atoms with Gasteiger partial charge in [-0.25, -0.2) is 0 Å². The Labute approximate surface area is 80.0 Å². The average molecular weight is 179 g/mol. The molecule has 72 valence electrons. The molecule has 1 aromatic heterocycles. The number of pyridine rings is 1. The number of unbranched alkanes of at least 4 members (excludes halogenated alkanes) is 1. The van der Waals surface area contributed by atoms with Gasteiger partial charge in [-0.1, -0.05) is 19.4 Å². The summed E-state index contributed by atoms with van der Waals surface area (Å²) in [4.78, 5) is 4.22. The van der Waals surface area contributed by atoms with Crippen LogP contribution in [0, 0.1) is 0 Å². The van der Waals surface area contributed by atoms with Gasteiger partial charge in [-0.3, -0.25) is 4.98 Å². The molecule has 1 aromatic rings. The lowest BCUT2D eigenvalue weighted by atomic mass is 10.3. The van der Waals surface area contributed by atoms with E-state index < -0.39 is 0 Å². The molecule has 0 saturated heterocycles. The second-order valence-electron chi connectivity index (χ2n) is 3.04. The lowest BCUT2D eigenvalue weighted by molar-refractivity contribution is 0.133. The first-order chi connectivity index (χ1) is 6.43. The van der Waals surface area contributed by atoms with Crippen LogP contribution in [0.4, 0.5) is 0 Å². The molecular weight excluding hydrogens is 162 g/mol. The third-order valence-electron chi connectivity index (χ3n) is 1.87. The van der Waals surface area contributed by atoms with Gasteiger partial charge in [0.15, 0.2) is 0 Å². The number of hydrogen-bond acceptors (Lipinski definition) is 2. The Morgan fingerprint density at radius 1 is 1.31 bits per heavy atom. The highest BCUT2D eigenvalue weighted by Gasteiger charge is 1.92. The Morgan fingerprint density at radius 3 is 2.92 bits per heavy atom. The summed E-state index contributed by atoms with van der Waals surface area (Å²) in [5, 5.41) is 0. The number of aromatic nitrogens is 1. The van der Waals surface area contributed by atoms with E-state index in [1.165, 1.54) is 6.42 Å². The van der Waals surface area contributed by atoms with E-state index >= 15 is 0 Å². The van der Waals surface area contributed by atoms with Crippen LogP contribution in [-0.4, -0.2) is 18.2 Å². The standard InChI is InChI=1S/C11H17NO/c1-2-3-9-13-10-7-11-6-4-5-8-12-11/h4-6,8H,2-3,7,9-10H2,1H3. The number of ether oxygens (including phenoxy) is 1. The van der Waals surface area contributed by atoms with Gasteiger partial charge in [0.25, 0.3) is 0 Å². The summed E-state index contributed by atoms with van der Waals surface area (Å²) in [6.45, 7) is 3.84. The van der Waals surface area contributed by atoms with E-state index in [9.17, 15) is 0 Å². The fourth-order valence-electron chi connectivity index (χ4n) is 1.07. The molecule has 1 heterocycles. The lowest BCUT2D eigenvalue weighted by Crippen LogP contribution is -2.01. The second-order valence-corrected chi connectivity index (χ2v) is 3.04. The van der Waals surface area contributed by atoms with Crippen molar-refractivity contribution in [2.45, 2.75) is 26.2 Å². The molecule has 0 N–H and O–H groups in total. The van der Waals surface area contributed by atoms with Gasteiger partial charge in [0.05, 0.1) is 6.61 Å². The number of rotatable bonds is 6. The van der Waals surface area contributed by atoms with E-state index in [4.69, 9.17) is 4.74 Å². The molecule has 0 aliphatic rings. The highest BCUT2D eigenvalue weighted by molar-refractivity contribution is 5.03. The molecule has 0 aliphatic heterocycles. The molecule has 0 atom stereocenters. The zero-order valence-electron chi connectivity index (χ0n) is 8.20. The van der Waals surface area contributed by atoms with Crippen LogP contribution in [0.15, 0.2) is 24.4 Å². The molecule has 0 amide bonds. The maximum atomic E-state index is 5.44. The summed E-state index contributed by atoms with van der Waals surface area (Å²) in [5.74, 6) is 0. The molecule has 0 aliphatic carbocycles. The first-order valence-electron chi connectivity index (χ1n) is 4.91. The number of nitrogens with zero attached hydrogens (tertiary/aromatic N) is 1. The zero-order valence-corrected chi connectivity index (χ0v) is 8.20. The maximum absolute atomic E-state index is 5.44. The van der Waals surface area contributed by atoms with Crippen molar-refractivity contribution in [3.05, 3.63) is 30.1 Å². The molecule has 0 saturated carbocycles. The largest absolute Gasteiger partial charge is 0.381 e. The Hall–Kier alpha value is -0.890. The van der Waals surface area contributed by atoms with Crippen LogP contribution in [0.3, 0.4) is 0 Å². The van der Waals surface area contributed by atoms with Crippen LogP contribution >= 0.6 is 0 Å². The highest BCUT2D eigenvalue weighted by Crippen LogP contribution is 1.95. The van der Waals surface area contributed by atoms with Gasteiger partial charge < -0.3 is 4.74 Å². The average Bonchev–Trinajstić information content (AvgIpc) is 2.19. The van der Waals surface area contributed by atoms with Crippen LogP contribution in [0.1, 0.15) is 25.5 Å². The van der Waals surface area contributed by atoms with Gasteiger partial charge in [0.1, 0.15) is 0 Å². The van der Waals surface area contributed by atoms with E-state index in [1.807, 2.05) is 24.4 Å². The van der Waals surface area contributed by atoms with E-state index in [1.54, 1.807) is 0 Å². The maximum Gasteiger partial charge on any atom is 0.0521 e. The van der Waals surface area contributed by atoms with Crippen molar-refractivity contribution < 1.29 is 4.74 Å². The van der Waals surface area contributed by atoms with Crippen molar-refractivity contribution >= 4 is 0 Å². The van der Waals surface area contributed by atoms with Crippen LogP contribution in [0.5, 0.6) is 0 Å². The van der Waals surface area contributed by atoms with Gasteiger partial charge in [-0.05, 0) is 18.6 Å². The van der Waals surface area contributed by atoms with Gasteiger partial charge in [-0.15, -0.1) is 0 Å². The summed E-state index contributed by atoms with van der Waals surface area (Å²) < 4.78 is 5.44. The monoisotopic (exact) mass is 179 g/mol. The van der Waals surface area contributed by atoms with Crippen molar-refractivity contribution in [2.24, 2.45) is 0 Å². The molecule has 13 heavy (non-hydrogen) atoms. The Balaban J connectivity index is 2.07. The first-order valence-corrected chi connectivity index (χ1v) is 4.91. The minimum absolute atomic E-state index is 0.789. The molecule has 2 nitrogen and oxygen atoms in total. The normalized spacial score (nSPS) is 10.2. The van der Waals surface area contributed by atoms with Crippen LogP contribution < -0.4 is 0 Å². The summed E-state index contributed by atoms with van der Waals surface area (Å²) >= 11 is 0. The molecule has 0 radical (unpaired) electrons. The molecule has 1 rings (SSSR count). The quantitative estimate of drug-likeness (QED) is 0.626. The molecule has 0 aromatic carbocycles. The molecule has 0 unspecified atom stereocenters. The summed E-state index contributed by atoms with van der Waals surface area (Å²) in [7, 11) is 0. The predicted molar refractivity (Wildman–Crippen MR) is 53.7 cm³/mol. The zero-order chi connectivity index (χ0) is 9.36. The van der Waals surface area contributed by atoms with Crippen molar-refractivity contribution in [3.8, 4) is 0 Å². The van der Waals surface area contributed by atoms with E-state index in [-0.39, 0.29) is 0 Å². The van der Waals surface area contributed by atoms with Crippen LogP contribution in [0.2, 0.25) is 0 Å². The van der Waals surface area contributed by atoms with Crippen molar-refractivity contribution in [3.63, 3.8) is 0 Å². The smallest absolute Gasteiger partial charge is 0.0521 e. The van der Waals surface area contributed by atoms with Gasteiger partial charge >= 0.3 is 0 Å². The van der Waals surface area contributed by atoms with Gasteiger partial charge in [0, 0.05) is 24.9 Å². The first kappa shape index (κ1) is 10.2. The fraction of sp³-hybridized carbons (Fsp3) is 0.545. The Bertz CT molecular complexity index is 211. The van der Waals surface area contributed by atoms with Crippen LogP contribution in [0.25, 0.3) is 0 Å². The van der Waals surface area contributed by atoms with E-state index in [2.05, 4.69) is 11.9 Å². The second kappa shape index (κ2) is 6.61. The van der Waals surface area contributed by atoms with Gasteiger partial charge in [-0.2, -0.15) is 0 Å². The Kier molecular flexibility index (Phi) is 5.18. The summed E-state index contributed by atoms with van der Waals surface area (Å²) in [6.07, 6.45) is 5.09. The topological polar surface area (TPSA) is 22.1 Å². The fourth-order valence-corrected chi connectivity index (χ4v) is 1.07. The predicted octanol–water partition coefficient (Wildman–Crippen LogP) is 2.44. The minimum atomic E-state index is 0.789. The number of hydrogen-bond donors (Lipinski definition) is 0. The van der Waals surface area contributed by atoms with E-state index in [0.29, 0.717) is 0 Å². The highest BCUT2D eigenvalue weighted by atomic mass is 16.5. The Morgan fingerprint density at radius 2 is 2.23 bits per heavy atom. The molecule has 0 bridgehead atoms. The van der Waals surface area contributed by atoms with E-state index in [0.717, 1.165) is 31.7 Å².